The number of anilines is 1. The molecular weight excluding hydrogens is 256 g/mol. The van der Waals surface area contributed by atoms with Crippen molar-refractivity contribution in [3.63, 3.8) is 0 Å². The van der Waals surface area contributed by atoms with Crippen LogP contribution >= 0.6 is 0 Å². The molecule has 1 unspecified atom stereocenters. The molecule has 0 aromatic heterocycles. The Kier molecular flexibility index (Phi) is 3.63. The van der Waals surface area contributed by atoms with Crippen LogP contribution in [0.2, 0.25) is 0 Å². The van der Waals surface area contributed by atoms with Crippen molar-refractivity contribution in [2.24, 2.45) is 5.73 Å². The van der Waals surface area contributed by atoms with Crippen molar-refractivity contribution in [3.8, 4) is 0 Å². The van der Waals surface area contributed by atoms with Crippen molar-refractivity contribution in [1.29, 1.82) is 0 Å². The van der Waals surface area contributed by atoms with E-state index >= 15 is 0 Å². The molecule has 0 aliphatic heterocycles. The van der Waals surface area contributed by atoms with Crippen LogP contribution in [0.1, 0.15) is 17.2 Å². The fourth-order valence-electron chi connectivity index (χ4n) is 2.70. The van der Waals surface area contributed by atoms with E-state index < -0.39 is 0 Å². The second kappa shape index (κ2) is 5.58. The molecule has 0 aliphatic rings. The lowest BCUT2D eigenvalue weighted by molar-refractivity contribution is 0.879. The minimum atomic E-state index is -0.115. The van der Waals surface area contributed by atoms with Crippen LogP contribution in [-0.2, 0) is 0 Å². The van der Waals surface area contributed by atoms with Gasteiger partial charge in [-0.25, -0.2) is 0 Å². The van der Waals surface area contributed by atoms with Gasteiger partial charge in [-0.3, -0.25) is 0 Å². The molecule has 2 heteroatoms. The summed E-state index contributed by atoms with van der Waals surface area (Å²) in [5.74, 6) is 0. The van der Waals surface area contributed by atoms with Crippen molar-refractivity contribution >= 4 is 16.5 Å². The summed E-state index contributed by atoms with van der Waals surface area (Å²) in [6.45, 7) is 0. The fourth-order valence-corrected chi connectivity index (χ4v) is 2.70. The predicted molar refractivity (Wildman–Crippen MR) is 90.7 cm³/mol. The Morgan fingerprint density at radius 3 is 2.38 bits per heavy atom. The highest BCUT2D eigenvalue weighted by Gasteiger charge is 2.12. The van der Waals surface area contributed by atoms with Gasteiger partial charge >= 0.3 is 0 Å². The lowest BCUT2D eigenvalue weighted by Crippen LogP contribution is -2.14. The third-order valence-corrected chi connectivity index (χ3v) is 3.90. The summed E-state index contributed by atoms with van der Waals surface area (Å²) in [7, 11) is 4.09. The summed E-state index contributed by atoms with van der Waals surface area (Å²) in [5, 5.41) is 2.46. The van der Waals surface area contributed by atoms with Gasteiger partial charge in [0.05, 0.1) is 6.04 Å². The maximum atomic E-state index is 6.53. The Morgan fingerprint density at radius 1 is 0.857 bits per heavy atom. The largest absolute Gasteiger partial charge is 0.378 e. The van der Waals surface area contributed by atoms with E-state index in [0.29, 0.717) is 0 Å². The van der Waals surface area contributed by atoms with Gasteiger partial charge in [0.25, 0.3) is 0 Å². The van der Waals surface area contributed by atoms with Gasteiger partial charge in [0, 0.05) is 19.8 Å². The van der Waals surface area contributed by atoms with Gasteiger partial charge in [-0.2, -0.15) is 0 Å². The van der Waals surface area contributed by atoms with Crippen molar-refractivity contribution in [2.45, 2.75) is 6.04 Å². The minimum absolute atomic E-state index is 0.115. The molecule has 3 rings (SSSR count). The standard InChI is InChI=1S/C19H20N2/c1-21(2)16-10-5-9-15(13-16)19(20)18-12-6-8-14-7-3-4-11-17(14)18/h3-13,19H,20H2,1-2H3. The number of fused-ring (bicyclic) bond motifs is 1. The van der Waals surface area contributed by atoms with E-state index in [9.17, 15) is 0 Å². The van der Waals surface area contributed by atoms with Gasteiger partial charge < -0.3 is 10.6 Å². The highest BCUT2D eigenvalue weighted by Crippen LogP contribution is 2.28. The Labute approximate surface area is 125 Å². The summed E-state index contributed by atoms with van der Waals surface area (Å²) in [5.41, 5.74) is 10.0. The molecule has 0 amide bonds. The van der Waals surface area contributed by atoms with Crippen LogP contribution in [0.4, 0.5) is 5.69 Å². The van der Waals surface area contributed by atoms with Crippen LogP contribution in [0.25, 0.3) is 10.8 Å². The van der Waals surface area contributed by atoms with Crippen LogP contribution in [0, 0.1) is 0 Å². The van der Waals surface area contributed by atoms with Gasteiger partial charge in [0.1, 0.15) is 0 Å². The topological polar surface area (TPSA) is 29.3 Å². The lowest BCUT2D eigenvalue weighted by atomic mass is 9.94. The van der Waals surface area contributed by atoms with Gasteiger partial charge in [0.2, 0.25) is 0 Å². The Morgan fingerprint density at radius 2 is 1.57 bits per heavy atom. The first-order chi connectivity index (χ1) is 10.2. The highest BCUT2D eigenvalue weighted by molar-refractivity contribution is 5.86. The maximum absolute atomic E-state index is 6.53. The zero-order chi connectivity index (χ0) is 14.8. The van der Waals surface area contributed by atoms with Crippen LogP contribution in [-0.4, -0.2) is 14.1 Å². The highest BCUT2D eigenvalue weighted by atomic mass is 15.1. The van der Waals surface area contributed by atoms with Gasteiger partial charge in [-0.1, -0.05) is 54.6 Å². The molecule has 2 nitrogen and oxygen atoms in total. The molecule has 0 heterocycles. The summed E-state index contributed by atoms with van der Waals surface area (Å²) in [4.78, 5) is 2.10. The van der Waals surface area contributed by atoms with Crippen LogP contribution < -0.4 is 10.6 Å². The molecule has 3 aromatic carbocycles. The molecule has 0 aliphatic carbocycles. The average molecular weight is 276 g/mol. The molecule has 0 radical (unpaired) electrons. The molecule has 0 saturated heterocycles. The van der Waals surface area contributed by atoms with E-state index in [4.69, 9.17) is 5.73 Å². The number of benzene rings is 3. The van der Waals surface area contributed by atoms with E-state index in [2.05, 4.69) is 71.6 Å². The van der Waals surface area contributed by atoms with Crippen molar-refractivity contribution in [1.82, 2.24) is 0 Å². The number of nitrogens with two attached hydrogens (primary N) is 1. The Bertz CT molecular complexity index is 757. The summed E-state index contributed by atoms with van der Waals surface area (Å²) >= 11 is 0. The van der Waals surface area contributed by atoms with E-state index in [0.717, 1.165) is 5.56 Å². The van der Waals surface area contributed by atoms with Gasteiger partial charge in [-0.05, 0) is 34.0 Å². The Hall–Kier alpha value is -2.32. The second-order valence-electron chi connectivity index (χ2n) is 5.54. The molecule has 0 spiro atoms. The third kappa shape index (κ3) is 2.63. The third-order valence-electron chi connectivity index (χ3n) is 3.90. The first-order valence-electron chi connectivity index (χ1n) is 7.17. The maximum Gasteiger partial charge on any atom is 0.0558 e. The monoisotopic (exact) mass is 276 g/mol. The van der Waals surface area contributed by atoms with E-state index in [-0.39, 0.29) is 6.04 Å². The van der Waals surface area contributed by atoms with E-state index in [1.54, 1.807) is 0 Å². The summed E-state index contributed by atoms with van der Waals surface area (Å²) in [6, 6.07) is 23.0. The number of rotatable bonds is 3. The normalized spacial score (nSPS) is 12.3. The van der Waals surface area contributed by atoms with Gasteiger partial charge in [0.15, 0.2) is 0 Å². The molecular formula is C19H20N2. The number of hydrogen-bond acceptors (Lipinski definition) is 2. The molecule has 0 saturated carbocycles. The average Bonchev–Trinajstić information content (AvgIpc) is 2.53. The van der Waals surface area contributed by atoms with E-state index in [1.165, 1.54) is 22.0 Å². The quantitative estimate of drug-likeness (QED) is 0.784. The summed E-state index contributed by atoms with van der Waals surface area (Å²) < 4.78 is 0. The zero-order valence-electron chi connectivity index (χ0n) is 12.5. The van der Waals surface area contributed by atoms with Crippen molar-refractivity contribution in [3.05, 3.63) is 77.9 Å². The van der Waals surface area contributed by atoms with Crippen molar-refractivity contribution in [2.75, 3.05) is 19.0 Å². The smallest absolute Gasteiger partial charge is 0.0558 e. The summed E-state index contributed by atoms with van der Waals surface area (Å²) in [6.07, 6.45) is 0. The van der Waals surface area contributed by atoms with Gasteiger partial charge in [-0.15, -0.1) is 0 Å². The molecule has 21 heavy (non-hydrogen) atoms. The van der Waals surface area contributed by atoms with Crippen LogP contribution in [0.3, 0.4) is 0 Å². The van der Waals surface area contributed by atoms with Crippen molar-refractivity contribution < 1.29 is 0 Å². The number of nitrogens with zero attached hydrogens (tertiary/aromatic N) is 1. The first kappa shape index (κ1) is 13.7. The molecule has 0 fully saturated rings. The lowest BCUT2D eigenvalue weighted by Gasteiger charge is -2.18. The van der Waals surface area contributed by atoms with Crippen LogP contribution in [0.5, 0.6) is 0 Å². The minimum Gasteiger partial charge on any atom is -0.378 e. The molecule has 1 atom stereocenters. The first-order valence-corrected chi connectivity index (χ1v) is 7.17. The van der Waals surface area contributed by atoms with E-state index in [1.807, 2.05) is 14.1 Å². The number of hydrogen-bond donors (Lipinski definition) is 1. The SMILES string of the molecule is CN(C)c1cccc(C(N)c2cccc3ccccc23)c1. The predicted octanol–water partition coefficient (Wildman–Crippen LogP) is 3.95. The molecule has 0 bridgehead atoms. The molecule has 106 valence electrons. The zero-order valence-corrected chi connectivity index (χ0v) is 12.5. The second-order valence-corrected chi connectivity index (χ2v) is 5.54. The van der Waals surface area contributed by atoms with Crippen LogP contribution in [0.15, 0.2) is 66.7 Å². The Balaban J connectivity index is 2.08. The molecule has 2 N–H and O–H groups in total. The fraction of sp³-hybridized carbons (Fsp3) is 0.158. The molecule has 3 aromatic rings.